The summed E-state index contributed by atoms with van der Waals surface area (Å²) in [5.74, 6) is 0.195. The van der Waals surface area contributed by atoms with Gasteiger partial charge in [0.1, 0.15) is 11.4 Å². The number of phenols is 1. The van der Waals surface area contributed by atoms with Crippen molar-refractivity contribution in [3.8, 4) is 5.75 Å². The van der Waals surface area contributed by atoms with Crippen molar-refractivity contribution in [3.05, 3.63) is 24.3 Å². The lowest BCUT2D eigenvalue weighted by Gasteiger charge is -2.38. The van der Waals surface area contributed by atoms with Crippen molar-refractivity contribution in [2.24, 2.45) is 0 Å². The molecule has 2 heterocycles. The van der Waals surface area contributed by atoms with Crippen molar-refractivity contribution in [1.29, 1.82) is 0 Å². The first-order valence-corrected chi connectivity index (χ1v) is 6.19. The molecule has 18 heavy (non-hydrogen) atoms. The minimum atomic E-state index is -0.301. The van der Waals surface area contributed by atoms with Crippen LogP contribution in [-0.4, -0.2) is 36.4 Å². The van der Waals surface area contributed by atoms with Crippen molar-refractivity contribution in [3.63, 3.8) is 0 Å². The number of hydrogen-bond acceptors (Lipinski definition) is 4. The predicted octanol–water partition coefficient (Wildman–Crippen LogP) is 1.47. The van der Waals surface area contributed by atoms with Gasteiger partial charge in [0.25, 0.3) is 0 Å². The van der Waals surface area contributed by atoms with Gasteiger partial charge >= 0.3 is 6.09 Å². The maximum Gasteiger partial charge on any atom is 0.414 e. The molecule has 1 spiro atoms. The van der Waals surface area contributed by atoms with Gasteiger partial charge in [0.05, 0.1) is 0 Å². The molecule has 2 N–H and O–H groups in total. The van der Waals surface area contributed by atoms with Crippen LogP contribution in [0.1, 0.15) is 12.8 Å². The molecule has 0 radical (unpaired) electrons. The van der Waals surface area contributed by atoms with E-state index in [-0.39, 0.29) is 17.4 Å². The number of rotatable bonds is 1. The van der Waals surface area contributed by atoms with Crippen LogP contribution in [0.4, 0.5) is 10.5 Å². The molecule has 0 aromatic heterocycles. The van der Waals surface area contributed by atoms with E-state index in [9.17, 15) is 9.90 Å². The van der Waals surface area contributed by atoms with Gasteiger partial charge in [-0.1, -0.05) is 0 Å². The van der Waals surface area contributed by atoms with E-state index in [2.05, 4.69) is 5.32 Å². The topological polar surface area (TPSA) is 61.8 Å². The second-order valence-electron chi connectivity index (χ2n) is 4.90. The lowest BCUT2D eigenvalue weighted by Crippen LogP contribution is -2.50. The molecule has 1 aromatic rings. The van der Waals surface area contributed by atoms with Gasteiger partial charge in [-0.05, 0) is 30.8 Å². The first-order valence-electron chi connectivity index (χ1n) is 6.19. The summed E-state index contributed by atoms with van der Waals surface area (Å²) in [4.78, 5) is 13.7. The van der Waals surface area contributed by atoms with Gasteiger partial charge in [0.2, 0.25) is 0 Å². The van der Waals surface area contributed by atoms with Crippen LogP contribution in [0.2, 0.25) is 0 Å². The van der Waals surface area contributed by atoms with Crippen molar-refractivity contribution in [2.45, 2.75) is 18.4 Å². The number of nitrogens with zero attached hydrogens (tertiary/aromatic N) is 1. The van der Waals surface area contributed by atoms with Gasteiger partial charge in [-0.2, -0.15) is 0 Å². The van der Waals surface area contributed by atoms with Crippen molar-refractivity contribution in [2.75, 3.05) is 24.5 Å². The second-order valence-corrected chi connectivity index (χ2v) is 4.90. The van der Waals surface area contributed by atoms with Crippen LogP contribution in [0.5, 0.6) is 5.75 Å². The van der Waals surface area contributed by atoms with Gasteiger partial charge in [0.15, 0.2) is 0 Å². The van der Waals surface area contributed by atoms with Gasteiger partial charge in [0, 0.05) is 31.6 Å². The Labute approximate surface area is 105 Å². The Balaban J connectivity index is 1.76. The number of hydrogen-bond donors (Lipinski definition) is 2. The minimum Gasteiger partial charge on any atom is -0.508 e. The Morgan fingerprint density at radius 1 is 1.28 bits per heavy atom. The molecule has 3 rings (SSSR count). The van der Waals surface area contributed by atoms with E-state index in [4.69, 9.17) is 4.74 Å². The largest absolute Gasteiger partial charge is 0.508 e. The van der Waals surface area contributed by atoms with E-state index in [1.54, 1.807) is 29.2 Å². The molecular weight excluding hydrogens is 232 g/mol. The van der Waals surface area contributed by atoms with E-state index >= 15 is 0 Å². The number of aromatic hydroxyl groups is 1. The molecule has 1 amide bonds. The third-order valence-electron chi connectivity index (χ3n) is 3.68. The Morgan fingerprint density at radius 2 is 2.06 bits per heavy atom. The number of anilines is 1. The molecule has 1 aromatic carbocycles. The number of amides is 1. The summed E-state index contributed by atoms with van der Waals surface area (Å²) in [6.45, 7) is 2.32. The monoisotopic (exact) mass is 248 g/mol. The van der Waals surface area contributed by atoms with Crippen molar-refractivity contribution >= 4 is 11.8 Å². The Kier molecular flexibility index (Phi) is 2.63. The predicted molar refractivity (Wildman–Crippen MR) is 66.8 cm³/mol. The Hall–Kier alpha value is -1.75. The van der Waals surface area contributed by atoms with Gasteiger partial charge in [-0.15, -0.1) is 0 Å². The molecule has 96 valence electrons. The summed E-state index contributed by atoms with van der Waals surface area (Å²) in [6.07, 6.45) is 1.44. The van der Waals surface area contributed by atoms with E-state index < -0.39 is 0 Å². The van der Waals surface area contributed by atoms with Crippen molar-refractivity contribution in [1.82, 2.24) is 5.32 Å². The number of carbonyl (C=O) groups is 1. The zero-order valence-corrected chi connectivity index (χ0v) is 10.1. The van der Waals surface area contributed by atoms with Crippen molar-refractivity contribution < 1.29 is 14.6 Å². The second kappa shape index (κ2) is 4.17. The van der Waals surface area contributed by atoms with Crippen LogP contribution >= 0.6 is 0 Å². The molecule has 5 heteroatoms. The van der Waals surface area contributed by atoms with Crippen LogP contribution in [0.15, 0.2) is 24.3 Å². The molecule has 2 aliphatic heterocycles. The van der Waals surface area contributed by atoms with E-state index in [1.165, 1.54) is 0 Å². The average Bonchev–Trinajstić information content (AvgIpc) is 2.79. The summed E-state index contributed by atoms with van der Waals surface area (Å²) in [6, 6.07) is 6.59. The highest BCUT2D eigenvalue weighted by Crippen LogP contribution is 2.32. The molecule has 2 fully saturated rings. The molecule has 0 bridgehead atoms. The number of nitrogens with one attached hydrogen (secondary N) is 1. The number of carbonyl (C=O) groups excluding carboxylic acids is 1. The number of benzene rings is 1. The SMILES string of the molecule is O=C1OC2(CCNC2)CCN1c1ccc(O)cc1. The maximum atomic E-state index is 12.1. The van der Waals surface area contributed by atoms with Gasteiger partial charge in [-0.3, -0.25) is 4.90 Å². The lowest BCUT2D eigenvalue weighted by molar-refractivity contribution is 0.0105. The third kappa shape index (κ3) is 1.90. The summed E-state index contributed by atoms with van der Waals surface area (Å²) in [5, 5.41) is 12.5. The highest BCUT2D eigenvalue weighted by Gasteiger charge is 2.43. The minimum absolute atomic E-state index is 0.195. The summed E-state index contributed by atoms with van der Waals surface area (Å²) >= 11 is 0. The summed E-state index contributed by atoms with van der Waals surface area (Å²) < 4.78 is 5.59. The summed E-state index contributed by atoms with van der Waals surface area (Å²) in [7, 11) is 0. The standard InChI is InChI=1S/C13H16N2O3/c16-11-3-1-10(2-4-11)15-8-6-13(18-12(15)17)5-7-14-9-13/h1-4,14,16H,5-9H2. The highest BCUT2D eigenvalue weighted by atomic mass is 16.6. The molecule has 2 aliphatic rings. The van der Waals surface area contributed by atoms with E-state index in [0.717, 1.165) is 31.6 Å². The lowest BCUT2D eigenvalue weighted by atomic mass is 9.97. The number of phenolic OH excluding ortho intramolecular Hbond substituents is 1. The van der Waals surface area contributed by atoms with E-state index in [0.29, 0.717) is 6.54 Å². The fraction of sp³-hybridized carbons (Fsp3) is 0.462. The molecule has 0 aliphatic carbocycles. The van der Waals surface area contributed by atoms with Crippen LogP contribution < -0.4 is 10.2 Å². The molecular formula is C13H16N2O3. The number of ether oxygens (including phenoxy) is 1. The first-order chi connectivity index (χ1) is 8.69. The zero-order valence-electron chi connectivity index (χ0n) is 10.1. The molecule has 2 saturated heterocycles. The third-order valence-corrected chi connectivity index (χ3v) is 3.68. The molecule has 0 saturated carbocycles. The zero-order chi connectivity index (χ0) is 12.6. The van der Waals surface area contributed by atoms with Gasteiger partial charge < -0.3 is 15.2 Å². The summed E-state index contributed by atoms with van der Waals surface area (Å²) in [5.41, 5.74) is 0.462. The maximum absolute atomic E-state index is 12.1. The van der Waals surface area contributed by atoms with Crippen LogP contribution in [0.3, 0.4) is 0 Å². The molecule has 5 nitrogen and oxygen atoms in total. The Bertz CT molecular complexity index is 452. The average molecular weight is 248 g/mol. The quantitative estimate of drug-likeness (QED) is 0.790. The van der Waals surface area contributed by atoms with Gasteiger partial charge in [-0.25, -0.2) is 4.79 Å². The van der Waals surface area contributed by atoms with Crippen LogP contribution in [-0.2, 0) is 4.74 Å². The fourth-order valence-corrected chi connectivity index (χ4v) is 2.59. The normalized spacial score (nSPS) is 27.6. The fourth-order valence-electron chi connectivity index (χ4n) is 2.59. The first kappa shape index (κ1) is 11.3. The van der Waals surface area contributed by atoms with Crippen LogP contribution in [0.25, 0.3) is 0 Å². The highest BCUT2D eigenvalue weighted by molar-refractivity contribution is 5.88. The smallest absolute Gasteiger partial charge is 0.414 e. The molecule has 1 atom stereocenters. The van der Waals surface area contributed by atoms with Crippen LogP contribution in [0, 0.1) is 0 Å². The molecule has 1 unspecified atom stereocenters. The van der Waals surface area contributed by atoms with E-state index in [1.807, 2.05) is 0 Å². The Morgan fingerprint density at radius 3 is 2.67 bits per heavy atom.